The highest BCUT2D eigenvalue weighted by Crippen LogP contribution is 2.43. The number of benzene rings is 7. The molecular formula is C48H29N5S. The zero-order valence-corrected chi connectivity index (χ0v) is 29.7. The van der Waals surface area contributed by atoms with Gasteiger partial charge in [0.15, 0.2) is 17.5 Å². The van der Waals surface area contributed by atoms with Gasteiger partial charge in [-0.1, -0.05) is 140 Å². The minimum atomic E-state index is 0.617. The second-order valence-corrected chi connectivity index (χ2v) is 14.5. The molecule has 54 heavy (non-hydrogen) atoms. The molecule has 0 N–H and O–H groups in total. The lowest BCUT2D eigenvalue weighted by molar-refractivity contribution is 1.07. The maximum Gasteiger partial charge on any atom is 0.164 e. The van der Waals surface area contributed by atoms with E-state index in [9.17, 15) is 0 Å². The van der Waals surface area contributed by atoms with Crippen molar-refractivity contribution in [3.8, 4) is 51.1 Å². The Labute approximate surface area is 314 Å². The van der Waals surface area contributed by atoms with Gasteiger partial charge in [0.2, 0.25) is 0 Å². The monoisotopic (exact) mass is 707 g/mol. The van der Waals surface area contributed by atoms with Crippen molar-refractivity contribution in [3.63, 3.8) is 0 Å². The summed E-state index contributed by atoms with van der Waals surface area (Å²) in [7, 11) is 0. The van der Waals surface area contributed by atoms with Crippen LogP contribution in [0.3, 0.4) is 0 Å². The van der Waals surface area contributed by atoms with Crippen molar-refractivity contribution in [3.05, 3.63) is 176 Å². The van der Waals surface area contributed by atoms with Crippen molar-refractivity contribution < 1.29 is 0 Å². The highest BCUT2D eigenvalue weighted by atomic mass is 32.1. The number of hydrogen-bond donors (Lipinski definition) is 0. The summed E-state index contributed by atoms with van der Waals surface area (Å²) in [6.07, 6.45) is 0. The summed E-state index contributed by atoms with van der Waals surface area (Å²) in [6, 6.07) is 61.3. The molecule has 0 saturated carbocycles. The fraction of sp³-hybridized carbons (Fsp3) is 0. The molecule has 0 saturated heterocycles. The number of hydrogen-bond acceptors (Lipinski definition) is 5. The van der Waals surface area contributed by atoms with Crippen LogP contribution in [-0.2, 0) is 0 Å². The Kier molecular flexibility index (Phi) is 6.97. The fourth-order valence-electron chi connectivity index (χ4n) is 7.74. The van der Waals surface area contributed by atoms with Gasteiger partial charge in [-0.15, -0.1) is 11.3 Å². The first-order chi connectivity index (χ1) is 26.8. The molecular weight excluding hydrogens is 679 g/mol. The Morgan fingerprint density at radius 2 is 0.926 bits per heavy atom. The summed E-state index contributed by atoms with van der Waals surface area (Å²) in [5.74, 6) is 1.87. The lowest BCUT2D eigenvalue weighted by atomic mass is 10.0. The van der Waals surface area contributed by atoms with Crippen LogP contribution >= 0.6 is 11.3 Å². The van der Waals surface area contributed by atoms with Crippen LogP contribution in [0.25, 0.3) is 104 Å². The molecule has 0 unspecified atom stereocenters. The van der Waals surface area contributed by atoms with E-state index in [1.165, 1.54) is 36.3 Å². The van der Waals surface area contributed by atoms with Crippen molar-refractivity contribution in [1.29, 1.82) is 0 Å². The van der Waals surface area contributed by atoms with Crippen LogP contribution in [-0.4, -0.2) is 24.5 Å². The molecule has 0 atom stereocenters. The Hall–Kier alpha value is -7.02. The summed E-state index contributed by atoms with van der Waals surface area (Å²) >= 11 is 1.80. The average molecular weight is 708 g/mol. The number of nitrogens with zero attached hydrogens (tertiary/aromatic N) is 5. The third kappa shape index (κ3) is 4.92. The van der Waals surface area contributed by atoms with E-state index >= 15 is 0 Å². The standard InChI is InChI=1S/C48H29N5S/c1-2-13-31(14-3-1)46-50-47(52-48(51-46)33-15-12-16-34(29-33)53-40-22-9-5-17-35(40)36-18-6-10-23-41(36)53)32-27-25-30(26-28-32)44-45-43(37-19-4-8-21-39(37)49-44)38-20-7-11-24-42(38)54-45/h1-29H. The number of rotatable bonds is 5. The van der Waals surface area contributed by atoms with E-state index in [0.717, 1.165) is 50.2 Å². The maximum absolute atomic E-state index is 5.21. The molecule has 5 nitrogen and oxygen atoms in total. The lowest BCUT2D eigenvalue weighted by Gasteiger charge is -2.12. The number of fused-ring (bicyclic) bond motifs is 8. The van der Waals surface area contributed by atoms with E-state index in [1.54, 1.807) is 11.3 Å². The molecule has 0 radical (unpaired) electrons. The summed E-state index contributed by atoms with van der Waals surface area (Å²) in [4.78, 5) is 20.4. The Morgan fingerprint density at radius 1 is 0.389 bits per heavy atom. The molecule has 11 aromatic rings. The Bertz CT molecular complexity index is 3160. The molecule has 0 amide bonds. The quantitative estimate of drug-likeness (QED) is 0.179. The van der Waals surface area contributed by atoms with Gasteiger partial charge >= 0.3 is 0 Å². The maximum atomic E-state index is 5.21. The first-order valence-corrected chi connectivity index (χ1v) is 18.8. The van der Waals surface area contributed by atoms with Crippen molar-refractivity contribution in [2.24, 2.45) is 0 Å². The normalized spacial score (nSPS) is 11.7. The van der Waals surface area contributed by atoms with Crippen LogP contribution in [0.15, 0.2) is 176 Å². The molecule has 0 bridgehead atoms. The van der Waals surface area contributed by atoms with Gasteiger partial charge in [-0.05, 0) is 36.4 Å². The van der Waals surface area contributed by atoms with Crippen LogP contribution < -0.4 is 0 Å². The molecule has 7 aromatic carbocycles. The first-order valence-electron chi connectivity index (χ1n) is 18.0. The van der Waals surface area contributed by atoms with E-state index in [1.807, 2.05) is 30.3 Å². The van der Waals surface area contributed by atoms with Gasteiger partial charge in [-0.25, -0.2) is 19.9 Å². The van der Waals surface area contributed by atoms with Gasteiger partial charge in [0.25, 0.3) is 0 Å². The predicted molar refractivity (Wildman–Crippen MR) is 224 cm³/mol. The topological polar surface area (TPSA) is 56.5 Å². The lowest BCUT2D eigenvalue weighted by Crippen LogP contribution is -2.01. The number of aromatic nitrogens is 5. The van der Waals surface area contributed by atoms with Crippen molar-refractivity contribution in [2.75, 3.05) is 0 Å². The van der Waals surface area contributed by atoms with Crippen LogP contribution in [0, 0.1) is 0 Å². The molecule has 252 valence electrons. The summed E-state index contributed by atoms with van der Waals surface area (Å²) in [5, 5.41) is 6.16. The van der Waals surface area contributed by atoms with E-state index in [4.69, 9.17) is 19.9 Å². The Morgan fingerprint density at radius 3 is 1.65 bits per heavy atom. The number of para-hydroxylation sites is 3. The molecule has 0 aliphatic rings. The van der Waals surface area contributed by atoms with Gasteiger partial charge in [-0.3, -0.25) is 0 Å². The highest BCUT2D eigenvalue weighted by Gasteiger charge is 2.18. The number of thiophene rings is 1. The SMILES string of the molecule is c1ccc(-c2nc(-c3ccc(-c4nc5ccccc5c5c4sc4ccccc45)cc3)nc(-c3cccc(-n4c5ccccc5c5ccccc54)c3)n2)cc1. The molecule has 11 rings (SSSR count). The van der Waals surface area contributed by atoms with Gasteiger partial charge < -0.3 is 4.57 Å². The van der Waals surface area contributed by atoms with Crippen LogP contribution in [0.5, 0.6) is 0 Å². The smallest absolute Gasteiger partial charge is 0.164 e. The molecule has 4 aromatic heterocycles. The van der Waals surface area contributed by atoms with Gasteiger partial charge in [-0.2, -0.15) is 0 Å². The van der Waals surface area contributed by atoms with E-state index in [0.29, 0.717) is 17.5 Å². The van der Waals surface area contributed by atoms with E-state index < -0.39 is 0 Å². The molecule has 6 heteroatoms. The largest absolute Gasteiger partial charge is 0.309 e. The third-order valence-corrected chi connectivity index (χ3v) is 11.4. The minimum Gasteiger partial charge on any atom is -0.309 e. The van der Waals surface area contributed by atoms with Gasteiger partial charge in [0.05, 0.1) is 26.9 Å². The molecule has 0 aliphatic carbocycles. The van der Waals surface area contributed by atoms with Crippen LogP contribution in [0.2, 0.25) is 0 Å². The fourth-order valence-corrected chi connectivity index (χ4v) is 8.97. The predicted octanol–water partition coefficient (Wildman–Crippen LogP) is 12.6. The van der Waals surface area contributed by atoms with Crippen molar-refractivity contribution in [2.45, 2.75) is 0 Å². The van der Waals surface area contributed by atoms with E-state index in [-0.39, 0.29) is 0 Å². The minimum absolute atomic E-state index is 0.617. The van der Waals surface area contributed by atoms with Gasteiger partial charge in [0, 0.05) is 59.6 Å². The summed E-state index contributed by atoms with van der Waals surface area (Å²) in [5.41, 5.74) is 9.16. The summed E-state index contributed by atoms with van der Waals surface area (Å²) in [6.45, 7) is 0. The summed E-state index contributed by atoms with van der Waals surface area (Å²) < 4.78 is 4.78. The van der Waals surface area contributed by atoms with Crippen LogP contribution in [0.1, 0.15) is 0 Å². The van der Waals surface area contributed by atoms with Crippen molar-refractivity contribution >= 4 is 64.2 Å². The van der Waals surface area contributed by atoms with Gasteiger partial charge in [0.1, 0.15) is 0 Å². The van der Waals surface area contributed by atoms with E-state index in [2.05, 4.69) is 150 Å². The number of pyridine rings is 1. The highest BCUT2D eigenvalue weighted by molar-refractivity contribution is 7.26. The average Bonchev–Trinajstić information content (AvgIpc) is 3.81. The molecule has 0 fully saturated rings. The second kappa shape index (κ2) is 12.3. The molecule has 4 heterocycles. The van der Waals surface area contributed by atoms with Crippen LogP contribution in [0.4, 0.5) is 0 Å². The third-order valence-electron chi connectivity index (χ3n) is 10.2. The molecule has 0 aliphatic heterocycles. The first kappa shape index (κ1) is 30.6. The molecule has 0 spiro atoms. The Balaban J connectivity index is 1.05. The zero-order valence-electron chi connectivity index (χ0n) is 28.9. The zero-order chi connectivity index (χ0) is 35.6. The van der Waals surface area contributed by atoms with Crippen molar-refractivity contribution in [1.82, 2.24) is 24.5 Å². The second-order valence-electron chi connectivity index (χ2n) is 13.4.